The van der Waals surface area contributed by atoms with E-state index in [0.717, 1.165) is 19.5 Å². The highest BCUT2D eigenvalue weighted by molar-refractivity contribution is 5.73. The molecule has 0 aromatic carbocycles. The molecule has 2 heteroatoms. The maximum Gasteiger partial charge on any atom is 0.219 e. The fraction of sp³-hybridized carbons (Fsp3) is 0.700. The largest absolute Gasteiger partial charge is 0.339 e. The Labute approximate surface area is 74.2 Å². The van der Waals surface area contributed by atoms with E-state index in [1.807, 2.05) is 4.90 Å². The van der Waals surface area contributed by atoms with Gasteiger partial charge >= 0.3 is 0 Å². The standard InChI is InChI=1S/C10H17NO/c1-8(2)10-4-6-11(7-5-10)9(3)12/h4,8H,5-7H2,1-3H3. The van der Waals surface area contributed by atoms with Crippen LogP contribution in [-0.4, -0.2) is 23.9 Å². The van der Waals surface area contributed by atoms with Crippen molar-refractivity contribution in [1.82, 2.24) is 4.90 Å². The van der Waals surface area contributed by atoms with E-state index >= 15 is 0 Å². The highest BCUT2D eigenvalue weighted by Gasteiger charge is 2.14. The number of amides is 1. The van der Waals surface area contributed by atoms with Crippen molar-refractivity contribution in [3.8, 4) is 0 Å². The molecule has 1 heterocycles. The van der Waals surface area contributed by atoms with Crippen LogP contribution in [0.5, 0.6) is 0 Å². The third kappa shape index (κ3) is 2.10. The minimum Gasteiger partial charge on any atom is -0.339 e. The van der Waals surface area contributed by atoms with Gasteiger partial charge < -0.3 is 4.90 Å². The Kier molecular flexibility index (Phi) is 2.90. The quantitative estimate of drug-likeness (QED) is 0.545. The molecule has 0 fully saturated rings. The van der Waals surface area contributed by atoms with Crippen molar-refractivity contribution in [3.05, 3.63) is 11.6 Å². The van der Waals surface area contributed by atoms with Crippen LogP contribution in [0.15, 0.2) is 11.6 Å². The molecular formula is C10H17NO. The van der Waals surface area contributed by atoms with Gasteiger partial charge in [0, 0.05) is 20.0 Å². The first-order chi connectivity index (χ1) is 5.61. The van der Waals surface area contributed by atoms with Crippen molar-refractivity contribution in [2.45, 2.75) is 27.2 Å². The summed E-state index contributed by atoms with van der Waals surface area (Å²) in [5.41, 5.74) is 1.49. The van der Waals surface area contributed by atoms with Gasteiger partial charge in [0.05, 0.1) is 0 Å². The predicted molar refractivity (Wildman–Crippen MR) is 49.8 cm³/mol. The van der Waals surface area contributed by atoms with Gasteiger partial charge in [0.15, 0.2) is 0 Å². The average molecular weight is 167 g/mol. The van der Waals surface area contributed by atoms with Crippen LogP contribution in [-0.2, 0) is 4.79 Å². The zero-order valence-electron chi connectivity index (χ0n) is 8.13. The van der Waals surface area contributed by atoms with Gasteiger partial charge in [0.1, 0.15) is 0 Å². The SMILES string of the molecule is CC(=O)N1CC=C(C(C)C)CC1. The van der Waals surface area contributed by atoms with E-state index in [4.69, 9.17) is 0 Å². The number of carbonyl (C=O) groups excluding carboxylic acids is 1. The first-order valence-electron chi connectivity index (χ1n) is 4.55. The number of nitrogens with zero attached hydrogens (tertiary/aromatic N) is 1. The van der Waals surface area contributed by atoms with Gasteiger partial charge in [-0.3, -0.25) is 4.79 Å². The van der Waals surface area contributed by atoms with E-state index in [2.05, 4.69) is 19.9 Å². The third-order valence-electron chi connectivity index (χ3n) is 2.43. The molecule has 0 atom stereocenters. The molecule has 12 heavy (non-hydrogen) atoms. The lowest BCUT2D eigenvalue weighted by molar-refractivity contribution is -0.128. The molecule has 0 saturated heterocycles. The van der Waals surface area contributed by atoms with Crippen LogP contribution < -0.4 is 0 Å². The maximum atomic E-state index is 11.0. The molecule has 0 radical (unpaired) electrons. The van der Waals surface area contributed by atoms with Gasteiger partial charge in [-0.1, -0.05) is 25.5 Å². The molecule has 0 aromatic heterocycles. The maximum absolute atomic E-state index is 11.0. The van der Waals surface area contributed by atoms with Crippen molar-refractivity contribution in [1.29, 1.82) is 0 Å². The van der Waals surface area contributed by atoms with Crippen LogP contribution in [0.3, 0.4) is 0 Å². The second kappa shape index (κ2) is 3.74. The van der Waals surface area contributed by atoms with Gasteiger partial charge in [0.25, 0.3) is 0 Å². The highest BCUT2D eigenvalue weighted by atomic mass is 16.2. The van der Waals surface area contributed by atoms with Crippen molar-refractivity contribution in [3.63, 3.8) is 0 Å². The Bertz CT molecular complexity index is 206. The molecule has 1 rings (SSSR count). The summed E-state index contributed by atoms with van der Waals surface area (Å²) < 4.78 is 0. The average Bonchev–Trinajstić information content (AvgIpc) is 2.04. The molecule has 2 nitrogen and oxygen atoms in total. The van der Waals surface area contributed by atoms with Crippen LogP contribution in [0, 0.1) is 5.92 Å². The van der Waals surface area contributed by atoms with Gasteiger partial charge in [-0.15, -0.1) is 0 Å². The van der Waals surface area contributed by atoms with Crippen LogP contribution in [0.1, 0.15) is 27.2 Å². The lowest BCUT2D eigenvalue weighted by Crippen LogP contribution is -2.33. The van der Waals surface area contributed by atoms with E-state index in [-0.39, 0.29) is 5.91 Å². The number of carbonyl (C=O) groups is 1. The summed E-state index contributed by atoms with van der Waals surface area (Å²) in [4.78, 5) is 12.9. The Hall–Kier alpha value is -0.790. The van der Waals surface area contributed by atoms with Crippen molar-refractivity contribution >= 4 is 5.91 Å². The van der Waals surface area contributed by atoms with E-state index < -0.39 is 0 Å². The Morgan fingerprint density at radius 1 is 1.58 bits per heavy atom. The summed E-state index contributed by atoms with van der Waals surface area (Å²) in [6.45, 7) is 7.75. The Morgan fingerprint density at radius 2 is 2.25 bits per heavy atom. The Morgan fingerprint density at radius 3 is 2.58 bits per heavy atom. The topological polar surface area (TPSA) is 20.3 Å². The Balaban J connectivity index is 2.53. The molecule has 1 amide bonds. The number of rotatable bonds is 1. The summed E-state index contributed by atoms with van der Waals surface area (Å²) in [6.07, 6.45) is 3.24. The fourth-order valence-corrected chi connectivity index (χ4v) is 1.50. The van der Waals surface area contributed by atoms with Crippen molar-refractivity contribution in [2.75, 3.05) is 13.1 Å². The van der Waals surface area contributed by atoms with Crippen LogP contribution in [0.25, 0.3) is 0 Å². The third-order valence-corrected chi connectivity index (χ3v) is 2.43. The molecule has 68 valence electrons. The first kappa shape index (κ1) is 9.30. The molecule has 1 aliphatic rings. The minimum atomic E-state index is 0.189. The van der Waals surface area contributed by atoms with Gasteiger partial charge in [-0.05, 0) is 12.3 Å². The molecule has 0 aliphatic carbocycles. The first-order valence-corrected chi connectivity index (χ1v) is 4.55. The van der Waals surface area contributed by atoms with E-state index in [0.29, 0.717) is 5.92 Å². The van der Waals surface area contributed by atoms with Gasteiger partial charge in [-0.25, -0.2) is 0 Å². The van der Waals surface area contributed by atoms with E-state index in [1.54, 1.807) is 6.92 Å². The molecule has 0 saturated carbocycles. The summed E-state index contributed by atoms with van der Waals surface area (Å²) in [5.74, 6) is 0.827. The second-order valence-electron chi connectivity index (χ2n) is 3.65. The minimum absolute atomic E-state index is 0.189. The van der Waals surface area contributed by atoms with Crippen molar-refractivity contribution in [2.24, 2.45) is 5.92 Å². The second-order valence-corrected chi connectivity index (χ2v) is 3.65. The molecule has 1 aliphatic heterocycles. The van der Waals surface area contributed by atoms with Crippen molar-refractivity contribution < 1.29 is 4.79 Å². The van der Waals surface area contributed by atoms with Crippen LogP contribution in [0.2, 0.25) is 0 Å². The smallest absolute Gasteiger partial charge is 0.219 e. The van der Waals surface area contributed by atoms with E-state index in [9.17, 15) is 4.79 Å². The molecule has 0 N–H and O–H groups in total. The normalized spacial score (nSPS) is 18.0. The number of hydrogen-bond donors (Lipinski definition) is 0. The lowest BCUT2D eigenvalue weighted by Gasteiger charge is -2.26. The zero-order valence-corrected chi connectivity index (χ0v) is 8.13. The fourth-order valence-electron chi connectivity index (χ4n) is 1.50. The lowest BCUT2D eigenvalue weighted by atomic mass is 9.97. The van der Waals surface area contributed by atoms with Gasteiger partial charge in [-0.2, -0.15) is 0 Å². The highest BCUT2D eigenvalue weighted by Crippen LogP contribution is 2.18. The predicted octanol–water partition coefficient (Wildman–Crippen LogP) is 1.82. The molecule has 0 spiro atoms. The van der Waals surface area contributed by atoms with Crippen LogP contribution >= 0.6 is 0 Å². The molecule has 0 unspecified atom stereocenters. The molecular weight excluding hydrogens is 150 g/mol. The van der Waals surface area contributed by atoms with Crippen LogP contribution in [0.4, 0.5) is 0 Å². The monoisotopic (exact) mass is 167 g/mol. The van der Waals surface area contributed by atoms with E-state index in [1.165, 1.54) is 5.57 Å². The summed E-state index contributed by atoms with van der Waals surface area (Å²) >= 11 is 0. The molecule has 0 aromatic rings. The summed E-state index contributed by atoms with van der Waals surface area (Å²) in [7, 11) is 0. The number of hydrogen-bond acceptors (Lipinski definition) is 1. The summed E-state index contributed by atoms with van der Waals surface area (Å²) in [6, 6.07) is 0. The zero-order chi connectivity index (χ0) is 9.14. The molecule has 0 bridgehead atoms. The van der Waals surface area contributed by atoms with Gasteiger partial charge in [0.2, 0.25) is 5.91 Å². The summed E-state index contributed by atoms with van der Waals surface area (Å²) in [5, 5.41) is 0.